The van der Waals surface area contributed by atoms with Crippen LogP contribution in [0.2, 0.25) is 0 Å². The molecule has 4 nitrogen and oxygen atoms in total. The average Bonchev–Trinajstić information content (AvgIpc) is 2.90. The first kappa shape index (κ1) is 12.4. The summed E-state index contributed by atoms with van der Waals surface area (Å²) in [5.41, 5.74) is 1.45. The predicted molar refractivity (Wildman–Crippen MR) is 75.2 cm³/mol. The lowest BCUT2D eigenvalue weighted by molar-refractivity contribution is 0.303. The van der Waals surface area contributed by atoms with Crippen molar-refractivity contribution in [2.24, 2.45) is 0 Å². The normalized spacial score (nSPS) is 10.7. The fourth-order valence-electron chi connectivity index (χ4n) is 2.09. The number of methoxy groups -OCH3 is 1. The zero-order valence-corrected chi connectivity index (χ0v) is 11.0. The zero-order chi connectivity index (χ0) is 13.9. The van der Waals surface area contributed by atoms with Gasteiger partial charge in [0, 0.05) is 11.6 Å². The number of fused-ring (bicyclic) bond motifs is 1. The molecule has 0 spiro atoms. The Balaban J connectivity index is 1.83. The Hall–Kier alpha value is -2.62. The van der Waals surface area contributed by atoms with Crippen molar-refractivity contribution in [1.82, 2.24) is 0 Å². The Morgan fingerprint density at radius 3 is 2.75 bits per heavy atom. The maximum absolute atomic E-state index is 9.88. The molecule has 0 fully saturated rings. The minimum absolute atomic E-state index is 0.195. The second-order valence-corrected chi connectivity index (χ2v) is 4.38. The maximum atomic E-state index is 9.88. The van der Waals surface area contributed by atoms with Crippen molar-refractivity contribution < 1.29 is 19.0 Å². The lowest BCUT2D eigenvalue weighted by atomic mass is 10.1. The second-order valence-electron chi connectivity index (χ2n) is 4.38. The summed E-state index contributed by atoms with van der Waals surface area (Å²) in [7, 11) is 1.61. The van der Waals surface area contributed by atoms with Gasteiger partial charge in [-0.3, -0.25) is 0 Å². The van der Waals surface area contributed by atoms with E-state index < -0.39 is 0 Å². The van der Waals surface area contributed by atoms with Gasteiger partial charge in [-0.2, -0.15) is 0 Å². The van der Waals surface area contributed by atoms with Crippen LogP contribution in [0.4, 0.5) is 0 Å². The van der Waals surface area contributed by atoms with Crippen LogP contribution in [0, 0.1) is 0 Å². The first-order valence-electron chi connectivity index (χ1n) is 6.23. The van der Waals surface area contributed by atoms with Crippen molar-refractivity contribution >= 4 is 11.0 Å². The molecule has 0 radical (unpaired) electrons. The van der Waals surface area contributed by atoms with Crippen LogP contribution in [0.1, 0.15) is 5.56 Å². The van der Waals surface area contributed by atoms with E-state index in [9.17, 15) is 5.11 Å². The molecular weight excluding hydrogens is 256 g/mol. The highest BCUT2D eigenvalue weighted by molar-refractivity contribution is 5.87. The smallest absolute Gasteiger partial charge is 0.138 e. The van der Waals surface area contributed by atoms with Crippen molar-refractivity contribution in [2.45, 2.75) is 6.61 Å². The van der Waals surface area contributed by atoms with E-state index in [1.807, 2.05) is 30.3 Å². The Kier molecular flexibility index (Phi) is 3.21. The van der Waals surface area contributed by atoms with Crippen molar-refractivity contribution in [1.29, 1.82) is 0 Å². The molecular formula is C16H14O4. The number of aromatic hydroxyl groups is 1. The van der Waals surface area contributed by atoms with E-state index in [0.29, 0.717) is 23.3 Å². The van der Waals surface area contributed by atoms with Crippen LogP contribution in [0.25, 0.3) is 11.0 Å². The van der Waals surface area contributed by atoms with Crippen LogP contribution in [-0.2, 0) is 6.61 Å². The monoisotopic (exact) mass is 270 g/mol. The predicted octanol–water partition coefficient (Wildman–Crippen LogP) is 3.73. The molecule has 102 valence electrons. The largest absolute Gasteiger partial charge is 0.507 e. The molecule has 0 atom stereocenters. The summed E-state index contributed by atoms with van der Waals surface area (Å²) in [5, 5.41) is 10.6. The maximum Gasteiger partial charge on any atom is 0.138 e. The molecule has 2 aromatic carbocycles. The number of rotatable bonds is 4. The summed E-state index contributed by atoms with van der Waals surface area (Å²) in [5.74, 6) is 1.64. The van der Waals surface area contributed by atoms with Crippen LogP contribution >= 0.6 is 0 Å². The molecule has 0 unspecified atom stereocenters. The number of phenolic OH excluding ortho intramolecular Hbond substituents is 1. The summed E-state index contributed by atoms with van der Waals surface area (Å²) in [4.78, 5) is 0. The highest BCUT2D eigenvalue weighted by Gasteiger charge is 2.10. The summed E-state index contributed by atoms with van der Waals surface area (Å²) < 4.78 is 16.2. The molecule has 0 saturated carbocycles. The third kappa shape index (κ3) is 2.28. The summed E-state index contributed by atoms with van der Waals surface area (Å²) in [6.07, 6.45) is 1.60. The fourth-order valence-corrected chi connectivity index (χ4v) is 2.09. The van der Waals surface area contributed by atoms with Crippen LogP contribution < -0.4 is 9.47 Å². The van der Waals surface area contributed by atoms with Gasteiger partial charge >= 0.3 is 0 Å². The lowest BCUT2D eigenvalue weighted by Crippen LogP contribution is -1.95. The van der Waals surface area contributed by atoms with Gasteiger partial charge in [0.05, 0.1) is 18.8 Å². The minimum Gasteiger partial charge on any atom is -0.507 e. The van der Waals surface area contributed by atoms with Gasteiger partial charge in [-0.25, -0.2) is 0 Å². The lowest BCUT2D eigenvalue weighted by Gasteiger charge is -2.07. The third-order valence-electron chi connectivity index (χ3n) is 3.09. The van der Waals surface area contributed by atoms with Gasteiger partial charge in [0.15, 0.2) is 0 Å². The van der Waals surface area contributed by atoms with Crippen molar-refractivity contribution in [3.05, 3.63) is 54.3 Å². The number of furan rings is 1. The Morgan fingerprint density at radius 2 is 1.90 bits per heavy atom. The fraction of sp³-hybridized carbons (Fsp3) is 0.125. The van der Waals surface area contributed by atoms with Gasteiger partial charge in [-0.15, -0.1) is 0 Å². The van der Waals surface area contributed by atoms with E-state index in [1.54, 1.807) is 25.5 Å². The van der Waals surface area contributed by atoms with Crippen LogP contribution in [0.15, 0.2) is 53.1 Å². The molecule has 4 heteroatoms. The molecule has 1 N–H and O–H groups in total. The molecule has 3 aromatic rings. The number of hydrogen-bond donors (Lipinski definition) is 1. The third-order valence-corrected chi connectivity index (χ3v) is 3.09. The van der Waals surface area contributed by atoms with Gasteiger partial charge in [0.2, 0.25) is 0 Å². The molecule has 0 aliphatic heterocycles. The second kappa shape index (κ2) is 5.17. The molecule has 0 aliphatic carbocycles. The average molecular weight is 270 g/mol. The number of ether oxygens (including phenoxy) is 2. The summed E-state index contributed by atoms with van der Waals surface area (Å²) in [6.45, 7) is 0.317. The molecule has 0 amide bonds. The molecule has 0 saturated heterocycles. The quantitative estimate of drug-likeness (QED) is 0.785. The standard InChI is InChI=1S/C16H14O4/c1-18-12-4-2-5-13(8-12)19-9-11-10-20-15-7-3-6-14(17)16(11)15/h2-8,10,17H,9H2,1H3. The van der Waals surface area contributed by atoms with Crippen LogP contribution in [0.5, 0.6) is 17.2 Å². The van der Waals surface area contributed by atoms with Crippen molar-refractivity contribution in [3.8, 4) is 17.2 Å². The van der Waals surface area contributed by atoms with Gasteiger partial charge < -0.3 is 19.0 Å². The van der Waals surface area contributed by atoms with Gasteiger partial charge in [-0.05, 0) is 24.3 Å². The Bertz CT molecular complexity index is 730. The highest BCUT2D eigenvalue weighted by atomic mass is 16.5. The first-order valence-corrected chi connectivity index (χ1v) is 6.23. The van der Waals surface area contributed by atoms with E-state index in [0.717, 1.165) is 11.3 Å². The zero-order valence-electron chi connectivity index (χ0n) is 11.0. The van der Waals surface area contributed by atoms with Gasteiger partial charge in [0.1, 0.15) is 29.4 Å². The van der Waals surface area contributed by atoms with E-state index in [1.165, 1.54) is 0 Å². The number of benzene rings is 2. The minimum atomic E-state index is 0.195. The van der Waals surface area contributed by atoms with E-state index in [4.69, 9.17) is 13.9 Å². The van der Waals surface area contributed by atoms with Crippen LogP contribution in [0.3, 0.4) is 0 Å². The number of phenols is 1. The Labute approximate surface area is 116 Å². The molecule has 20 heavy (non-hydrogen) atoms. The SMILES string of the molecule is COc1cccc(OCc2coc3cccc(O)c23)c1. The summed E-state index contributed by atoms with van der Waals surface area (Å²) in [6, 6.07) is 12.6. The molecule has 3 rings (SSSR count). The van der Waals surface area contributed by atoms with Gasteiger partial charge in [-0.1, -0.05) is 12.1 Å². The van der Waals surface area contributed by atoms with Gasteiger partial charge in [0.25, 0.3) is 0 Å². The number of hydrogen-bond acceptors (Lipinski definition) is 4. The molecule has 1 aromatic heterocycles. The van der Waals surface area contributed by atoms with E-state index in [2.05, 4.69) is 0 Å². The molecule has 0 bridgehead atoms. The van der Waals surface area contributed by atoms with Crippen molar-refractivity contribution in [3.63, 3.8) is 0 Å². The molecule has 1 heterocycles. The summed E-state index contributed by atoms with van der Waals surface area (Å²) >= 11 is 0. The van der Waals surface area contributed by atoms with Crippen molar-refractivity contribution in [2.75, 3.05) is 7.11 Å². The first-order chi connectivity index (χ1) is 9.78. The highest BCUT2D eigenvalue weighted by Crippen LogP contribution is 2.30. The molecule has 0 aliphatic rings. The van der Waals surface area contributed by atoms with Crippen LogP contribution in [-0.4, -0.2) is 12.2 Å². The Morgan fingerprint density at radius 1 is 1.10 bits per heavy atom. The van der Waals surface area contributed by atoms with E-state index in [-0.39, 0.29) is 5.75 Å². The van der Waals surface area contributed by atoms with E-state index >= 15 is 0 Å². The topological polar surface area (TPSA) is 51.8 Å².